The third-order valence-corrected chi connectivity index (χ3v) is 4.72. The number of alkyl halides is 3. The minimum atomic E-state index is -4.94. The third-order valence-electron chi connectivity index (χ3n) is 4.72. The lowest BCUT2D eigenvalue weighted by Crippen LogP contribution is -2.22. The molecular formula is C20H12F6N6O2. The summed E-state index contributed by atoms with van der Waals surface area (Å²) in [6, 6.07) is 2.28. The van der Waals surface area contributed by atoms with Crippen LogP contribution in [-0.2, 0) is 11.0 Å². The van der Waals surface area contributed by atoms with Crippen molar-refractivity contribution in [2.24, 2.45) is 0 Å². The van der Waals surface area contributed by atoms with Gasteiger partial charge in [-0.25, -0.2) is 27.8 Å². The summed E-state index contributed by atoms with van der Waals surface area (Å²) in [5, 5.41) is 15.8. The molecule has 0 bridgehead atoms. The SMILES string of the molecule is Nc1ncnc2cnn(-c3cc(F)c(NC(=O)[C@H](O)c4cc(F)cc(C(F)(F)F)c4)cc3F)c12. The van der Waals surface area contributed by atoms with Crippen LogP contribution in [0.2, 0.25) is 0 Å². The number of nitrogen functional groups attached to an aromatic ring is 1. The number of nitrogens with one attached hydrogen (secondary N) is 1. The molecule has 0 saturated heterocycles. The second-order valence-electron chi connectivity index (χ2n) is 7.00. The first-order valence-electron chi connectivity index (χ1n) is 9.26. The second kappa shape index (κ2) is 8.30. The fraction of sp³-hybridized carbons (Fsp3) is 0.100. The summed E-state index contributed by atoms with van der Waals surface area (Å²) in [7, 11) is 0. The maximum absolute atomic E-state index is 14.8. The van der Waals surface area contributed by atoms with Crippen LogP contribution in [0.15, 0.2) is 42.9 Å². The number of nitrogens with zero attached hydrogens (tertiary/aromatic N) is 4. The van der Waals surface area contributed by atoms with E-state index in [1.165, 1.54) is 6.20 Å². The van der Waals surface area contributed by atoms with Crippen LogP contribution in [0.3, 0.4) is 0 Å². The van der Waals surface area contributed by atoms with E-state index in [2.05, 4.69) is 15.1 Å². The predicted molar refractivity (Wildman–Crippen MR) is 106 cm³/mol. The second-order valence-corrected chi connectivity index (χ2v) is 7.00. The number of nitrogens with two attached hydrogens (primary N) is 1. The molecule has 2 heterocycles. The molecule has 0 spiro atoms. The van der Waals surface area contributed by atoms with Gasteiger partial charge in [0.25, 0.3) is 5.91 Å². The summed E-state index contributed by atoms with van der Waals surface area (Å²) in [5.74, 6) is -5.09. The summed E-state index contributed by atoms with van der Waals surface area (Å²) >= 11 is 0. The van der Waals surface area contributed by atoms with E-state index in [1.54, 1.807) is 0 Å². The number of carbonyl (C=O) groups is 1. The van der Waals surface area contributed by atoms with E-state index in [4.69, 9.17) is 5.73 Å². The van der Waals surface area contributed by atoms with Crippen LogP contribution in [0.5, 0.6) is 0 Å². The maximum atomic E-state index is 14.8. The Morgan fingerprint density at radius 3 is 2.50 bits per heavy atom. The molecule has 2 aromatic heterocycles. The topological polar surface area (TPSA) is 119 Å². The molecule has 0 fully saturated rings. The lowest BCUT2D eigenvalue weighted by molar-refractivity contribution is -0.138. The van der Waals surface area contributed by atoms with Crippen LogP contribution in [-0.4, -0.2) is 30.8 Å². The summed E-state index contributed by atoms with van der Waals surface area (Å²) in [6.07, 6.45) is -4.86. The third kappa shape index (κ3) is 4.22. The molecule has 1 amide bonds. The quantitative estimate of drug-likeness (QED) is 0.383. The minimum absolute atomic E-state index is 0.0591. The molecule has 4 rings (SSSR count). The van der Waals surface area contributed by atoms with Crippen molar-refractivity contribution in [3.63, 3.8) is 0 Å². The van der Waals surface area contributed by atoms with Crippen LogP contribution < -0.4 is 11.1 Å². The maximum Gasteiger partial charge on any atom is 0.416 e. The number of halogens is 6. The van der Waals surface area contributed by atoms with Crippen molar-refractivity contribution in [2.75, 3.05) is 11.1 Å². The first-order valence-corrected chi connectivity index (χ1v) is 9.26. The van der Waals surface area contributed by atoms with E-state index in [9.17, 15) is 36.2 Å². The molecule has 14 heteroatoms. The van der Waals surface area contributed by atoms with Gasteiger partial charge in [-0.2, -0.15) is 18.3 Å². The molecule has 0 aliphatic heterocycles. The molecule has 1 atom stereocenters. The van der Waals surface area contributed by atoms with E-state index in [0.717, 1.165) is 11.0 Å². The standard InChI is InChI=1S/C20H12F6N6O2/c21-10-2-8(1-9(3-10)20(24,25)26)17(33)19(34)31-13-4-12(23)15(5-11(13)22)32-16-14(6-30-32)28-7-29-18(16)27/h1-7,17,33H,(H,31,34)(H2,27,28,29)/t17-/m1/s1. The lowest BCUT2D eigenvalue weighted by Gasteiger charge is -2.15. The molecule has 0 saturated carbocycles. The number of hydrogen-bond acceptors (Lipinski definition) is 6. The summed E-state index contributed by atoms with van der Waals surface area (Å²) in [4.78, 5) is 19.9. The Hall–Kier alpha value is -4.20. The van der Waals surface area contributed by atoms with Crippen molar-refractivity contribution in [3.8, 4) is 5.69 Å². The summed E-state index contributed by atoms with van der Waals surface area (Å²) in [5.41, 5.74) is 2.78. The van der Waals surface area contributed by atoms with Gasteiger partial charge >= 0.3 is 6.18 Å². The Kier molecular flexibility index (Phi) is 5.61. The number of anilines is 2. The molecule has 4 aromatic rings. The Morgan fingerprint density at radius 1 is 1.06 bits per heavy atom. The zero-order valence-corrected chi connectivity index (χ0v) is 16.6. The van der Waals surface area contributed by atoms with Crippen LogP contribution in [0, 0.1) is 17.5 Å². The largest absolute Gasteiger partial charge is 0.416 e. The number of fused-ring (bicyclic) bond motifs is 1. The number of benzene rings is 2. The highest BCUT2D eigenvalue weighted by atomic mass is 19.4. The molecule has 2 aromatic carbocycles. The van der Waals surface area contributed by atoms with Crippen molar-refractivity contribution >= 4 is 28.4 Å². The van der Waals surface area contributed by atoms with Crippen molar-refractivity contribution < 1.29 is 36.2 Å². The van der Waals surface area contributed by atoms with Gasteiger partial charge in [-0.05, 0) is 23.8 Å². The molecule has 0 aliphatic carbocycles. The highest BCUT2D eigenvalue weighted by molar-refractivity contribution is 5.95. The molecule has 176 valence electrons. The van der Waals surface area contributed by atoms with Crippen molar-refractivity contribution in [2.45, 2.75) is 12.3 Å². The molecule has 0 aliphatic rings. The van der Waals surface area contributed by atoms with Gasteiger partial charge in [0.15, 0.2) is 17.7 Å². The average molecular weight is 482 g/mol. The minimum Gasteiger partial charge on any atom is -0.382 e. The Labute approximate surface area is 185 Å². The van der Waals surface area contributed by atoms with Gasteiger partial charge in [-0.3, -0.25) is 4.79 Å². The number of carbonyl (C=O) groups excluding carboxylic acids is 1. The zero-order valence-electron chi connectivity index (χ0n) is 16.6. The van der Waals surface area contributed by atoms with E-state index in [0.29, 0.717) is 24.3 Å². The molecule has 34 heavy (non-hydrogen) atoms. The average Bonchev–Trinajstić information content (AvgIpc) is 3.19. The smallest absolute Gasteiger partial charge is 0.382 e. The van der Waals surface area contributed by atoms with Crippen molar-refractivity contribution in [1.82, 2.24) is 19.7 Å². The van der Waals surface area contributed by atoms with Crippen LogP contribution >= 0.6 is 0 Å². The highest BCUT2D eigenvalue weighted by Gasteiger charge is 2.33. The monoisotopic (exact) mass is 482 g/mol. The number of hydrogen-bond donors (Lipinski definition) is 3. The predicted octanol–water partition coefficient (Wildman–Crippen LogP) is 3.51. The van der Waals surface area contributed by atoms with Gasteiger partial charge in [0.05, 0.1) is 17.4 Å². The Balaban J connectivity index is 1.63. The lowest BCUT2D eigenvalue weighted by atomic mass is 10.0. The van der Waals surface area contributed by atoms with Crippen LogP contribution in [0.4, 0.5) is 37.8 Å². The number of amides is 1. The fourth-order valence-corrected chi connectivity index (χ4v) is 3.15. The first kappa shape index (κ1) is 23.0. The zero-order chi connectivity index (χ0) is 24.8. The number of aliphatic hydroxyl groups is 1. The molecule has 8 nitrogen and oxygen atoms in total. The van der Waals surface area contributed by atoms with Gasteiger partial charge in [-0.15, -0.1) is 0 Å². The van der Waals surface area contributed by atoms with Crippen molar-refractivity contribution in [3.05, 3.63) is 71.4 Å². The Bertz CT molecular complexity index is 1420. The number of aliphatic hydroxyl groups excluding tert-OH is 1. The van der Waals surface area contributed by atoms with Gasteiger partial charge in [0, 0.05) is 12.1 Å². The number of rotatable bonds is 4. The summed E-state index contributed by atoms with van der Waals surface area (Å²) in [6.45, 7) is 0. The van der Waals surface area contributed by atoms with Crippen LogP contribution in [0.1, 0.15) is 17.2 Å². The van der Waals surface area contributed by atoms with E-state index >= 15 is 0 Å². The van der Waals surface area contributed by atoms with Gasteiger partial charge in [-0.1, -0.05) is 0 Å². The fourth-order valence-electron chi connectivity index (χ4n) is 3.15. The van der Waals surface area contributed by atoms with Gasteiger partial charge < -0.3 is 16.2 Å². The van der Waals surface area contributed by atoms with E-state index < -0.39 is 58.1 Å². The van der Waals surface area contributed by atoms with Crippen LogP contribution in [0.25, 0.3) is 16.7 Å². The van der Waals surface area contributed by atoms with Gasteiger partial charge in [0.2, 0.25) is 0 Å². The number of aromatic nitrogens is 4. The molecule has 0 unspecified atom stereocenters. The van der Waals surface area contributed by atoms with Crippen molar-refractivity contribution in [1.29, 1.82) is 0 Å². The normalized spacial score (nSPS) is 12.7. The van der Waals surface area contributed by atoms with E-state index in [1.807, 2.05) is 5.32 Å². The molecule has 0 radical (unpaired) electrons. The first-order chi connectivity index (χ1) is 16.0. The molecular weight excluding hydrogens is 470 g/mol. The molecule has 4 N–H and O–H groups in total. The summed E-state index contributed by atoms with van der Waals surface area (Å²) < 4.78 is 82.5. The van der Waals surface area contributed by atoms with Gasteiger partial charge in [0.1, 0.15) is 34.7 Å². The Morgan fingerprint density at radius 2 is 1.79 bits per heavy atom. The highest BCUT2D eigenvalue weighted by Crippen LogP contribution is 2.32. The van der Waals surface area contributed by atoms with E-state index in [-0.39, 0.29) is 22.9 Å².